The van der Waals surface area contributed by atoms with E-state index in [4.69, 9.17) is 23.2 Å². The molecule has 2 rings (SSSR count). The van der Waals surface area contributed by atoms with Gasteiger partial charge in [-0.15, -0.1) is 0 Å². The number of hydrogen-bond donors (Lipinski definition) is 3. The van der Waals surface area contributed by atoms with Crippen LogP contribution in [0.15, 0.2) is 42.5 Å². The molecular weight excluding hydrogens is 301 g/mol. The van der Waals surface area contributed by atoms with Crippen LogP contribution in [0.4, 0.5) is 5.69 Å². The largest absolute Gasteiger partial charge is 0.506 e. The van der Waals surface area contributed by atoms with Crippen LogP contribution in [0.2, 0.25) is 10.0 Å². The molecule has 1 atom stereocenters. The minimum Gasteiger partial charge on any atom is -0.506 e. The number of benzene rings is 2. The van der Waals surface area contributed by atoms with Gasteiger partial charge in [0.05, 0.1) is 10.7 Å². The number of aliphatic carboxylic acids is 1. The van der Waals surface area contributed by atoms with Gasteiger partial charge in [0, 0.05) is 0 Å². The highest BCUT2D eigenvalue weighted by atomic mass is 35.5. The van der Waals surface area contributed by atoms with Gasteiger partial charge in [0.1, 0.15) is 10.8 Å². The number of nitrogens with one attached hydrogen (secondary N) is 1. The maximum atomic E-state index is 11.4. The van der Waals surface area contributed by atoms with E-state index in [9.17, 15) is 15.0 Å². The van der Waals surface area contributed by atoms with E-state index >= 15 is 0 Å². The molecule has 4 nitrogen and oxygen atoms in total. The lowest BCUT2D eigenvalue weighted by molar-refractivity contribution is -0.138. The van der Waals surface area contributed by atoms with E-state index in [0.717, 1.165) is 0 Å². The van der Waals surface area contributed by atoms with Gasteiger partial charge in [-0.3, -0.25) is 0 Å². The monoisotopic (exact) mass is 311 g/mol. The van der Waals surface area contributed by atoms with Crippen LogP contribution < -0.4 is 5.32 Å². The maximum Gasteiger partial charge on any atom is 0.330 e. The lowest BCUT2D eigenvalue weighted by atomic mass is 10.1. The Labute approximate surface area is 125 Å². The number of rotatable bonds is 4. The average Bonchev–Trinajstić information content (AvgIpc) is 2.44. The molecule has 0 heterocycles. The first kappa shape index (κ1) is 14.5. The number of carbonyl (C=O) groups is 1. The normalized spacial score (nSPS) is 11.9. The van der Waals surface area contributed by atoms with E-state index in [1.807, 2.05) is 0 Å². The summed E-state index contributed by atoms with van der Waals surface area (Å²) >= 11 is 11.9. The summed E-state index contributed by atoms with van der Waals surface area (Å²) in [6.45, 7) is 0. The Hall–Kier alpha value is -1.91. The summed E-state index contributed by atoms with van der Waals surface area (Å²) in [5, 5.41) is 21.9. The van der Waals surface area contributed by atoms with E-state index in [2.05, 4.69) is 5.32 Å². The molecule has 0 aromatic heterocycles. The first-order chi connectivity index (χ1) is 9.50. The van der Waals surface area contributed by atoms with Crippen LogP contribution in [0.3, 0.4) is 0 Å². The summed E-state index contributed by atoms with van der Waals surface area (Å²) in [6.07, 6.45) is 0. The molecule has 0 amide bonds. The standard InChI is InChI=1S/C14H11Cl2NO3/c15-9-6-7-10(18)11(16)13(9)17-12(14(19)20)8-4-2-1-3-5-8/h1-7,12,17-18H,(H,19,20). The fourth-order valence-corrected chi connectivity index (χ4v) is 2.23. The number of aromatic hydroxyl groups is 1. The summed E-state index contributed by atoms with van der Waals surface area (Å²) in [4.78, 5) is 11.4. The summed E-state index contributed by atoms with van der Waals surface area (Å²) < 4.78 is 0. The molecule has 104 valence electrons. The van der Waals surface area contributed by atoms with Gasteiger partial charge in [-0.25, -0.2) is 4.79 Å². The van der Waals surface area contributed by atoms with Gasteiger partial charge in [0.2, 0.25) is 0 Å². The van der Waals surface area contributed by atoms with Crippen molar-refractivity contribution in [1.29, 1.82) is 0 Å². The molecule has 6 heteroatoms. The SMILES string of the molecule is O=C(O)C(Nc1c(Cl)ccc(O)c1Cl)c1ccccc1. The number of phenolic OH excluding ortho intramolecular Hbond substituents is 1. The Kier molecular flexibility index (Phi) is 4.37. The second-order valence-corrected chi connectivity index (χ2v) is 4.87. The van der Waals surface area contributed by atoms with Crippen molar-refractivity contribution in [2.45, 2.75) is 6.04 Å². The van der Waals surface area contributed by atoms with Crippen LogP contribution in [-0.2, 0) is 4.79 Å². The van der Waals surface area contributed by atoms with E-state index in [-0.39, 0.29) is 21.5 Å². The van der Waals surface area contributed by atoms with Crippen molar-refractivity contribution in [3.8, 4) is 5.75 Å². The lowest BCUT2D eigenvalue weighted by Gasteiger charge is -2.18. The van der Waals surface area contributed by atoms with Crippen molar-refractivity contribution < 1.29 is 15.0 Å². The Morgan fingerprint density at radius 1 is 1.10 bits per heavy atom. The van der Waals surface area contributed by atoms with Crippen molar-refractivity contribution >= 4 is 34.9 Å². The molecule has 0 aliphatic carbocycles. The average molecular weight is 312 g/mol. The molecule has 0 saturated heterocycles. The molecule has 0 aliphatic rings. The molecule has 0 fully saturated rings. The van der Waals surface area contributed by atoms with Crippen molar-refractivity contribution in [3.05, 3.63) is 58.1 Å². The quantitative estimate of drug-likeness (QED) is 0.800. The highest BCUT2D eigenvalue weighted by molar-refractivity contribution is 6.40. The molecule has 20 heavy (non-hydrogen) atoms. The van der Waals surface area contributed by atoms with Crippen molar-refractivity contribution in [2.24, 2.45) is 0 Å². The molecule has 2 aromatic rings. The van der Waals surface area contributed by atoms with Gasteiger partial charge in [-0.1, -0.05) is 53.5 Å². The molecule has 0 aliphatic heterocycles. The zero-order chi connectivity index (χ0) is 14.7. The van der Waals surface area contributed by atoms with Crippen LogP contribution in [0.25, 0.3) is 0 Å². The summed E-state index contributed by atoms with van der Waals surface area (Å²) in [7, 11) is 0. The smallest absolute Gasteiger partial charge is 0.330 e. The van der Waals surface area contributed by atoms with Crippen molar-refractivity contribution in [3.63, 3.8) is 0 Å². The minimum atomic E-state index is -1.08. The van der Waals surface area contributed by atoms with Gasteiger partial charge >= 0.3 is 5.97 Å². The third-order valence-electron chi connectivity index (χ3n) is 2.74. The summed E-state index contributed by atoms with van der Waals surface area (Å²) in [5.41, 5.74) is 0.736. The lowest BCUT2D eigenvalue weighted by Crippen LogP contribution is -2.20. The minimum absolute atomic E-state index is 0.0142. The van der Waals surface area contributed by atoms with Crippen LogP contribution >= 0.6 is 23.2 Å². The fraction of sp³-hybridized carbons (Fsp3) is 0.0714. The molecule has 1 unspecified atom stereocenters. The number of anilines is 1. The molecule has 0 radical (unpaired) electrons. The second-order valence-electron chi connectivity index (χ2n) is 4.08. The zero-order valence-corrected chi connectivity index (χ0v) is 11.7. The molecule has 0 spiro atoms. The topological polar surface area (TPSA) is 69.6 Å². The second kappa shape index (κ2) is 6.03. The van der Waals surface area contributed by atoms with Crippen molar-refractivity contribution in [2.75, 3.05) is 5.32 Å². The summed E-state index contributed by atoms with van der Waals surface area (Å²) in [5.74, 6) is -1.25. The first-order valence-electron chi connectivity index (χ1n) is 5.72. The van der Waals surface area contributed by atoms with Crippen LogP contribution in [-0.4, -0.2) is 16.2 Å². The van der Waals surface area contributed by atoms with Gasteiger partial charge in [-0.2, -0.15) is 0 Å². The molecule has 0 bridgehead atoms. The summed E-state index contributed by atoms with van der Waals surface area (Å²) in [6, 6.07) is 10.4. The Balaban J connectivity index is 2.40. The number of phenols is 1. The number of halogens is 2. The molecule has 0 saturated carbocycles. The predicted octanol–water partition coefficient (Wildman–Crippen LogP) is 3.94. The Morgan fingerprint density at radius 3 is 2.35 bits per heavy atom. The molecule has 3 N–H and O–H groups in total. The van der Waals surface area contributed by atoms with Gasteiger partial charge in [0.25, 0.3) is 0 Å². The van der Waals surface area contributed by atoms with Gasteiger partial charge in [-0.05, 0) is 17.7 Å². The van der Waals surface area contributed by atoms with Crippen LogP contribution in [0.5, 0.6) is 5.75 Å². The van der Waals surface area contributed by atoms with E-state index < -0.39 is 12.0 Å². The van der Waals surface area contributed by atoms with Gasteiger partial charge in [0.15, 0.2) is 6.04 Å². The first-order valence-corrected chi connectivity index (χ1v) is 6.47. The molecular formula is C14H11Cl2NO3. The number of carboxylic acid groups (broad SMARTS) is 1. The van der Waals surface area contributed by atoms with Crippen LogP contribution in [0.1, 0.15) is 11.6 Å². The highest BCUT2D eigenvalue weighted by Gasteiger charge is 2.22. The predicted molar refractivity (Wildman–Crippen MR) is 78.6 cm³/mol. The van der Waals surface area contributed by atoms with Crippen molar-refractivity contribution in [1.82, 2.24) is 0 Å². The third-order valence-corrected chi connectivity index (χ3v) is 3.44. The van der Waals surface area contributed by atoms with E-state index in [1.54, 1.807) is 30.3 Å². The fourth-order valence-electron chi connectivity index (χ4n) is 1.75. The van der Waals surface area contributed by atoms with E-state index in [1.165, 1.54) is 12.1 Å². The van der Waals surface area contributed by atoms with Gasteiger partial charge < -0.3 is 15.5 Å². The zero-order valence-electron chi connectivity index (χ0n) is 10.2. The Bertz CT molecular complexity index is 632. The van der Waals surface area contributed by atoms with E-state index in [0.29, 0.717) is 5.56 Å². The number of hydrogen-bond acceptors (Lipinski definition) is 3. The Morgan fingerprint density at radius 2 is 1.75 bits per heavy atom. The highest BCUT2D eigenvalue weighted by Crippen LogP contribution is 2.38. The third kappa shape index (κ3) is 2.98. The maximum absolute atomic E-state index is 11.4. The van der Waals surface area contributed by atoms with Crippen LogP contribution in [0, 0.1) is 0 Å². The number of carboxylic acids is 1. The molecule has 2 aromatic carbocycles.